The highest BCUT2D eigenvalue weighted by molar-refractivity contribution is 5.49. The molecule has 2 unspecified atom stereocenters. The van der Waals surface area contributed by atoms with Crippen molar-refractivity contribution < 1.29 is 13.2 Å². The van der Waals surface area contributed by atoms with Gasteiger partial charge in [0, 0.05) is 23.7 Å². The predicted octanol–water partition coefficient (Wildman–Crippen LogP) is 3.61. The van der Waals surface area contributed by atoms with E-state index in [1.54, 1.807) is 7.05 Å². The zero-order valence-electron chi connectivity index (χ0n) is 11.0. The largest absolute Gasteiger partial charge is 0.435 e. The summed E-state index contributed by atoms with van der Waals surface area (Å²) < 4.78 is 40.7. The highest BCUT2D eigenvalue weighted by atomic mass is 19.4. The highest BCUT2D eigenvalue weighted by Crippen LogP contribution is 2.68. The third-order valence-electron chi connectivity index (χ3n) is 5.45. The van der Waals surface area contributed by atoms with E-state index in [9.17, 15) is 13.2 Å². The Morgan fingerprint density at radius 3 is 2.44 bits per heavy atom. The van der Waals surface area contributed by atoms with E-state index in [2.05, 4.69) is 25.9 Å². The molecule has 3 rings (SSSR count). The summed E-state index contributed by atoms with van der Waals surface area (Å²) in [5.74, 6) is -0.0113. The van der Waals surface area contributed by atoms with Crippen LogP contribution >= 0.6 is 0 Å². The van der Waals surface area contributed by atoms with Gasteiger partial charge in [0.05, 0.1) is 0 Å². The van der Waals surface area contributed by atoms with Crippen molar-refractivity contribution in [2.24, 2.45) is 12.5 Å². The fourth-order valence-electron chi connectivity index (χ4n) is 4.16. The summed E-state index contributed by atoms with van der Waals surface area (Å²) in [5.41, 5.74) is 0.303. The molecule has 2 aliphatic carbocycles. The lowest BCUT2D eigenvalue weighted by Gasteiger charge is -2.35. The molecule has 0 N–H and O–H groups in total. The van der Waals surface area contributed by atoms with E-state index in [1.165, 1.54) is 4.68 Å². The number of aromatic nitrogens is 2. The van der Waals surface area contributed by atoms with Gasteiger partial charge in [-0.3, -0.25) is 4.68 Å². The van der Waals surface area contributed by atoms with Gasteiger partial charge in [-0.05, 0) is 24.2 Å². The summed E-state index contributed by atoms with van der Waals surface area (Å²) in [7, 11) is 1.64. The molecular weight excluding hydrogens is 241 g/mol. The van der Waals surface area contributed by atoms with Crippen LogP contribution in [0.3, 0.4) is 0 Å². The quantitative estimate of drug-likeness (QED) is 0.695. The maximum atomic E-state index is 13.1. The number of hydrogen-bond donors (Lipinski definition) is 0. The molecule has 1 heterocycles. The van der Waals surface area contributed by atoms with E-state index in [0.717, 1.165) is 18.5 Å². The van der Waals surface area contributed by atoms with Crippen LogP contribution in [0.25, 0.3) is 0 Å². The van der Waals surface area contributed by atoms with Crippen LogP contribution in [-0.4, -0.2) is 9.78 Å². The molecule has 2 nitrogen and oxygen atoms in total. The summed E-state index contributed by atoms with van der Waals surface area (Å²) in [6, 6.07) is 0. The van der Waals surface area contributed by atoms with Gasteiger partial charge >= 0.3 is 6.18 Å². The Kier molecular flexibility index (Phi) is 1.97. The lowest BCUT2D eigenvalue weighted by molar-refractivity contribution is -0.142. The number of halogens is 3. The van der Waals surface area contributed by atoms with Crippen molar-refractivity contribution in [1.82, 2.24) is 9.78 Å². The molecule has 1 aromatic rings. The lowest BCUT2D eigenvalue weighted by atomic mass is 9.70. The third-order valence-corrected chi connectivity index (χ3v) is 5.45. The highest BCUT2D eigenvalue weighted by Gasteiger charge is 2.63. The van der Waals surface area contributed by atoms with E-state index in [4.69, 9.17) is 0 Å². The molecule has 18 heavy (non-hydrogen) atoms. The standard InChI is InChI=1S/C13H17F3N2/c1-11(2)7-5-6-12(11,3)10-8(7)9(13(14,15)16)17-18(10)4/h7H,5-6H2,1-4H3. The Morgan fingerprint density at radius 1 is 1.28 bits per heavy atom. The molecule has 0 aromatic carbocycles. The lowest BCUT2D eigenvalue weighted by Crippen LogP contribution is -2.33. The maximum Gasteiger partial charge on any atom is 0.435 e. The Labute approximate surface area is 104 Å². The van der Waals surface area contributed by atoms with Gasteiger partial charge in [-0.15, -0.1) is 0 Å². The average molecular weight is 258 g/mol. The maximum absolute atomic E-state index is 13.1. The molecule has 0 radical (unpaired) electrons. The van der Waals surface area contributed by atoms with Crippen molar-refractivity contribution in [3.63, 3.8) is 0 Å². The minimum atomic E-state index is -4.34. The zero-order chi connectivity index (χ0) is 13.5. The minimum Gasteiger partial charge on any atom is -0.271 e. The number of nitrogens with zero attached hydrogens (tertiary/aromatic N) is 2. The third kappa shape index (κ3) is 1.09. The van der Waals surface area contributed by atoms with Gasteiger partial charge in [0.2, 0.25) is 0 Å². The van der Waals surface area contributed by atoms with E-state index in [-0.39, 0.29) is 16.7 Å². The Balaban J connectivity index is 2.31. The second-order valence-electron chi connectivity index (χ2n) is 6.38. The van der Waals surface area contributed by atoms with Crippen molar-refractivity contribution in [1.29, 1.82) is 0 Å². The van der Waals surface area contributed by atoms with E-state index in [1.807, 2.05) is 0 Å². The summed E-state index contributed by atoms with van der Waals surface area (Å²) in [6.07, 6.45) is -2.55. The SMILES string of the molecule is Cn1nc(C(F)(F)F)c2c1C1(C)CCC2C1(C)C. The van der Waals surface area contributed by atoms with Crippen molar-refractivity contribution in [2.75, 3.05) is 0 Å². The monoisotopic (exact) mass is 258 g/mol. The van der Waals surface area contributed by atoms with Gasteiger partial charge in [-0.25, -0.2) is 0 Å². The van der Waals surface area contributed by atoms with Crippen LogP contribution in [0.1, 0.15) is 56.5 Å². The van der Waals surface area contributed by atoms with Crippen LogP contribution in [-0.2, 0) is 18.6 Å². The predicted molar refractivity (Wildman–Crippen MR) is 61.3 cm³/mol. The first-order chi connectivity index (χ1) is 8.11. The summed E-state index contributed by atoms with van der Waals surface area (Å²) >= 11 is 0. The fourth-order valence-corrected chi connectivity index (χ4v) is 4.16. The number of hydrogen-bond acceptors (Lipinski definition) is 1. The minimum absolute atomic E-state index is 0.0113. The summed E-state index contributed by atoms with van der Waals surface area (Å²) in [6.45, 7) is 6.26. The molecule has 0 saturated heterocycles. The van der Waals surface area contributed by atoms with E-state index < -0.39 is 11.9 Å². The topological polar surface area (TPSA) is 17.8 Å². The summed E-state index contributed by atoms with van der Waals surface area (Å²) in [4.78, 5) is 0. The fraction of sp³-hybridized carbons (Fsp3) is 0.769. The molecule has 0 aliphatic heterocycles. The smallest absolute Gasteiger partial charge is 0.271 e. The van der Waals surface area contributed by atoms with Crippen molar-refractivity contribution in [2.45, 2.75) is 51.1 Å². The second-order valence-corrected chi connectivity index (χ2v) is 6.38. The second kappa shape index (κ2) is 2.94. The van der Waals surface area contributed by atoms with Gasteiger partial charge in [0.1, 0.15) is 0 Å². The molecular formula is C13H17F3N2. The van der Waals surface area contributed by atoms with E-state index in [0.29, 0.717) is 5.56 Å². The van der Waals surface area contributed by atoms with Crippen molar-refractivity contribution >= 4 is 0 Å². The van der Waals surface area contributed by atoms with Gasteiger partial charge in [0.25, 0.3) is 0 Å². The molecule has 0 amide bonds. The molecule has 5 heteroatoms. The van der Waals surface area contributed by atoms with Crippen LogP contribution in [0.4, 0.5) is 13.2 Å². The zero-order valence-corrected chi connectivity index (χ0v) is 11.0. The Hall–Kier alpha value is -1.00. The van der Waals surface area contributed by atoms with Crippen LogP contribution in [0.15, 0.2) is 0 Å². The van der Waals surface area contributed by atoms with Crippen LogP contribution in [0, 0.1) is 5.41 Å². The van der Waals surface area contributed by atoms with Gasteiger partial charge < -0.3 is 0 Å². The molecule has 1 fully saturated rings. The number of fused-ring (bicyclic) bond motifs is 5. The molecule has 2 atom stereocenters. The van der Waals surface area contributed by atoms with Gasteiger partial charge in [-0.1, -0.05) is 20.8 Å². The Morgan fingerprint density at radius 2 is 1.89 bits per heavy atom. The van der Waals surface area contributed by atoms with Gasteiger partial charge in [0.15, 0.2) is 5.69 Å². The first kappa shape index (κ1) is 12.1. The normalized spacial score (nSPS) is 32.9. The first-order valence-electron chi connectivity index (χ1n) is 6.25. The number of aryl methyl sites for hydroxylation is 1. The Bertz CT molecular complexity index is 527. The molecule has 1 aromatic heterocycles. The van der Waals surface area contributed by atoms with Crippen LogP contribution in [0.5, 0.6) is 0 Å². The van der Waals surface area contributed by atoms with Gasteiger partial charge in [-0.2, -0.15) is 18.3 Å². The number of alkyl halides is 3. The number of rotatable bonds is 0. The van der Waals surface area contributed by atoms with Crippen LogP contribution < -0.4 is 0 Å². The first-order valence-corrected chi connectivity index (χ1v) is 6.25. The molecule has 100 valence electrons. The molecule has 0 spiro atoms. The van der Waals surface area contributed by atoms with Crippen molar-refractivity contribution in [3.8, 4) is 0 Å². The molecule has 1 saturated carbocycles. The average Bonchev–Trinajstić information content (AvgIpc) is 2.71. The molecule has 2 aliphatic rings. The van der Waals surface area contributed by atoms with Crippen LogP contribution in [0.2, 0.25) is 0 Å². The molecule has 2 bridgehead atoms. The summed E-state index contributed by atoms with van der Waals surface area (Å²) in [5, 5.41) is 3.75. The van der Waals surface area contributed by atoms with E-state index >= 15 is 0 Å². The van der Waals surface area contributed by atoms with Crippen molar-refractivity contribution in [3.05, 3.63) is 17.0 Å².